The van der Waals surface area contributed by atoms with E-state index in [1.165, 1.54) is 5.56 Å². The van der Waals surface area contributed by atoms with Crippen molar-refractivity contribution in [3.05, 3.63) is 42.2 Å². The van der Waals surface area contributed by atoms with Gasteiger partial charge in [-0.1, -0.05) is 32.0 Å². The van der Waals surface area contributed by atoms with Gasteiger partial charge >= 0.3 is 0 Å². The molecule has 0 amide bonds. The fourth-order valence-corrected chi connectivity index (χ4v) is 2.05. The molecule has 1 N–H and O–H groups in total. The van der Waals surface area contributed by atoms with Crippen LogP contribution in [0.3, 0.4) is 0 Å². The minimum Gasteiger partial charge on any atom is -0.371 e. The molecule has 0 fully saturated rings. The summed E-state index contributed by atoms with van der Waals surface area (Å²) in [6, 6.07) is 8.53. The molecule has 3 heteroatoms. The highest BCUT2D eigenvalue weighted by molar-refractivity contribution is 5.71. The number of nitrogens with one attached hydrogen (secondary N) is 1. The second-order valence-electron chi connectivity index (χ2n) is 4.80. The Labute approximate surface area is 108 Å². The van der Waals surface area contributed by atoms with Crippen molar-refractivity contribution in [3.8, 4) is 11.3 Å². The summed E-state index contributed by atoms with van der Waals surface area (Å²) in [5, 5.41) is 3.08. The molecule has 2 aromatic rings. The second-order valence-corrected chi connectivity index (χ2v) is 4.80. The summed E-state index contributed by atoms with van der Waals surface area (Å²) in [6.07, 6.45) is 4.52. The van der Waals surface area contributed by atoms with Gasteiger partial charge in [-0.3, -0.25) is 4.98 Å². The van der Waals surface area contributed by atoms with Crippen molar-refractivity contribution >= 4 is 5.82 Å². The van der Waals surface area contributed by atoms with Crippen molar-refractivity contribution in [2.45, 2.75) is 20.3 Å². The van der Waals surface area contributed by atoms with E-state index in [0.717, 1.165) is 23.5 Å². The Morgan fingerprint density at radius 3 is 2.67 bits per heavy atom. The highest BCUT2D eigenvalue weighted by atomic mass is 15.0. The number of anilines is 1. The van der Waals surface area contributed by atoms with Gasteiger partial charge in [0.05, 0.1) is 0 Å². The van der Waals surface area contributed by atoms with Crippen LogP contribution < -0.4 is 5.32 Å². The van der Waals surface area contributed by atoms with Gasteiger partial charge in [0, 0.05) is 25.0 Å². The molecule has 2 rings (SSSR count). The zero-order valence-electron chi connectivity index (χ0n) is 11.1. The first-order valence-electron chi connectivity index (χ1n) is 6.28. The Hall–Kier alpha value is -1.90. The van der Waals surface area contributed by atoms with Crippen LogP contribution in [0.1, 0.15) is 19.4 Å². The van der Waals surface area contributed by atoms with Gasteiger partial charge in [-0.05, 0) is 24.0 Å². The lowest BCUT2D eigenvalue weighted by molar-refractivity contribution is 0.647. The van der Waals surface area contributed by atoms with Gasteiger partial charge in [-0.25, -0.2) is 4.98 Å². The van der Waals surface area contributed by atoms with Crippen LogP contribution >= 0.6 is 0 Å². The van der Waals surface area contributed by atoms with Crippen LogP contribution in [-0.2, 0) is 6.42 Å². The summed E-state index contributed by atoms with van der Waals surface area (Å²) in [5.74, 6) is 1.48. The van der Waals surface area contributed by atoms with Gasteiger partial charge in [-0.2, -0.15) is 0 Å². The highest BCUT2D eigenvalue weighted by Gasteiger charge is 2.07. The van der Waals surface area contributed by atoms with E-state index < -0.39 is 0 Å². The van der Waals surface area contributed by atoms with E-state index in [4.69, 9.17) is 0 Å². The van der Waals surface area contributed by atoms with Gasteiger partial charge in [0.25, 0.3) is 0 Å². The molecular weight excluding hydrogens is 222 g/mol. The van der Waals surface area contributed by atoms with Crippen LogP contribution in [0.25, 0.3) is 11.3 Å². The van der Waals surface area contributed by atoms with E-state index in [9.17, 15) is 0 Å². The van der Waals surface area contributed by atoms with Crippen LogP contribution in [0.4, 0.5) is 5.82 Å². The molecule has 0 saturated carbocycles. The summed E-state index contributed by atoms with van der Waals surface area (Å²) in [5.41, 5.74) is 3.37. The molecule has 0 aliphatic carbocycles. The maximum Gasteiger partial charge on any atom is 0.152 e. The largest absolute Gasteiger partial charge is 0.371 e. The number of hydrogen-bond acceptors (Lipinski definition) is 3. The number of benzene rings is 1. The third-order valence-corrected chi connectivity index (χ3v) is 2.78. The Balaban J connectivity index is 2.38. The minimum absolute atomic E-state index is 0.658. The average molecular weight is 241 g/mol. The molecule has 0 saturated heterocycles. The van der Waals surface area contributed by atoms with Crippen molar-refractivity contribution in [2.75, 3.05) is 12.4 Å². The fraction of sp³-hybridized carbons (Fsp3) is 0.333. The van der Waals surface area contributed by atoms with Crippen molar-refractivity contribution < 1.29 is 0 Å². The van der Waals surface area contributed by atoms with Gasteiger partial charge in [0.15, 0.2) is 5.82 Å². The van der Waals surface area contributed by atoms with E-state index in [1.54, 1.807) is 12.4 Å². The minimum atomic E-state index is 0.658. The Kier molecular flexibility index (Phi) is 3.92. The predicted molar refractivity (Wildman–Crippen MR) is 75.6 cm³/mol. The molecule has 1 aromatic heterocycles. The smallest absolute Gasteiger partial charge is 0.152 e. The topological polar surface area (TPSA) is 37.8 Å². The Bertz CT molecular complexity index is 521. The molecule has 94 valence electrons. The molecule has 0 radical (unpaired) electrons. The summed E-state index contributed by atoms with van der Waals surface area (Å²) >= 11 is 0. The molecule has 3 nitrogen and oxygen atoms in total. The van der Waals surface area contributed by atoms with E-state index in [1.807, 2.05) is 7.05 Å². The Morgan fingerprint density at radius 2 is 1.94 bits per heavy atom. The molecular formula is C15H19N3. The molecule has 1 heterocycles. The second kappa shape index (κ2) is 5.63. The molecule has 0 aliphatic rings. The zero-order chi connectivity index (χ0) is 13.0. The molecule has 0 atom stereocenters. The van der Waals surface area contributed by atoms with Gasteiger partial charge in [0.2, 0.25) is 0 Å². The van der Waals surface area contributed by atoms with Crippen LogP contribution in [-0.4, -0.2) is 17.0 Å². The van der Waals surface area contributed by atoms with E-state index in [-0.39, 0.29) is 0 Å². The summed E-state index contributed by atoms with van der Waals surface area (Å²) in [6.45, 7) is 4.46. The van der Waals surface area contributed by atoms with Crippen molar-refractivity contribution in [3.63, 3.8) is 0 Å². The first kappa shape index (κ1) is 12.6. The number of rotatable bonds is 4. The molecule has 0 unspecified atom stereocenters. The molecule has 0 bridgehead atoms. The predicted octanol–water partition coefficient (Wildman–Crippen LogP) is 3.38. The van der Waals surface area contributed by atoms with E-state index in [0.29, 0.717) is 5.92 Å². The third-order valence-electron chi connectivity index (χ3n) is 2.78. The van der Waals surface area contributed by atoms with Crippen LogP contribution in [0.15, 0.2) is 36.7 Å². The number of nitrogens with zero attached hydrogens (tertiary/aromatic N) is 2. The summed E-state index contributed by atoms with van der Waals surface area (Å²) < 4.78 is 0. The monoisotopic (exact) mass is 241 g/mol. The normalized spacial score (nSPS) is 10.7. The lowest BCUT2D eigenvalue weighted by Crippen LogP contribution is -1.98. The standard InChI is InChI=1S/C15H19N3/c1-11(2)9-12-5-4-6-13(10-12)14-15(16-3)18-8-7-17-14/h4-8,10-11H,9H2,1-3H3,(H,16,18). The first-order chi connectivity index (χ1) is 8.70. The van der Waals surface area contributed by atoms with E-state index in [2.05, 4.69) is 53.4 Å². The van der Waals surface area contributed by atoms with Crippen LogP contribution in [0.2, 0.25) is 0 Å². The summed E-state index contributed by atoms with van der Waals surface area (Å²) in [4.78, 5) is 8.71. The van der Waals surface area contributed by atoms with Gasteiger partial charge < -0.3 is 5.32 Å². The van der Waals surface area contributed by atoms with Crippen molar-refractivity contribution in [1.29, 1.82) is 0 Å². The SMILES string of the molecule is CNc1nccnc1-c1cccc(CC(C)C)c1. The quantitative estimate of drug-likeness (QED) is 0.891. The first-order valence-corrected chi connectivity index (χ1v) is 6.28. The van der Waals surface area contributed by atoms with Crippen LogP contribution in [0.5, 0.6) is 0 Å². The lowest BCUT2D eigenvalue weighted by Gasteiger charge is -2.09. The lowest BCUT2D eigenvalue weighted by atomic mass is 10.00. The molecule has 0 aliphatic heterocycles. The molecule has 18 heavy (non-hydrogen) atoms. The number of aromatic nitrogens is 2. The van der Waals surface area contributed by atoms with Gasteiger partial charge in [0.1, 0.15) is 5.69 Å². The Morgan fingerprint density at radius 1 is 1.17 bits per heavy atom. The number of hydrogen-bond donors (Lipinski definition) is 1. The van der Waals surface area contributed by atoms with E-state index >= 15 is 0 Å². The molecule has 1 aromatic carbocycles. The summed E-state index contributed by atoms with van der Waals surface area (Å²) in [7, 11) is 1.87. The maximum absolute atomic E-state index is 4.42. The van der Waals surface area contributed by atoms with Crippen LogP contribution in [0, 0.1) is 5.92 Å². The molecule has 0 spiro atoms. The van der Waals surface area contributed by atoms with Crippen molar-refractivity contribution in [2.24, 2.45) is 5.92 Å². The zero-order valence-corrected chi connectivity index (χ0v) is 11.1. The average Bonchev–Trinajstić information content (AvgIpc) is 2.38. The highest BCUT2D eigenvalue weighted by Crippen LogP contribution is 2.24. The fourth-order valence-electron chi connectivity index (χ4n) is 2.05. The van der Waals surface area contributed by atoms with Crippen molar-refractivity contribution in [1.82, 2.24) is 9.97 Å². The maximum atomic E-state index is 4.42. The van der Waals surface area contributed by atoms with Gasteiger partial charge in [-0.15, -0.1) is 0 Å². The third kappa shape index (κ3) is 2.86.